The SMILES string of the molecule is CC(CNC1CC1)NCc1cc2ccccc2[nH]1. The third-order valence-electron chi connectivity index (χ3n) is 3.52. The van der Waals surface area contributed by atoms with Crippen molar-refractivity contribution in [3.63, 3.8) is 0 Å². The van der Waals surface area contributed by atoms with Crippen LogP contribution >= 0.6 is 0 Å². The van der Waals surface area contributed by atoms with Crippen LogP contribution in [-0.2, 0) is 6.54 Å². The van der Waals surface area contributed by atoms with Crippen LogP contribution in [0.3, 0.4) is 0 Å². The third kappa shape index (κ3) is 2.92. The molecule has 0 amide bonds. The van der Waals surface area contributed by atoms with E-state index in [0.717, 1.165) is 19.1 Å². The Bertz CT molecular complexity index is 480. The highest BCUT2D eigenvalue weighted by atomic mass is 15.0. The number of hydrogen-bond acceptors (Lipinski definition) is 2. The molecule has 3 heteroatoms. The molecule has 96 valence electrons. The van der Waals surface area contributed by atoms with Gasteiger partial charge in [-0.2, -0.15) is 0 Å². The van der Waals surface area contributed by atoms with Crippen LogP contribution in [0.25, 0.3) is 10.9 Å². The van der Waals surface area contributed by atoms with Crippen molar-refractivity contribution in [2.45, 2.75) is 38.4 Å². The fraction of sp³-hybridized carbons (Fsp3) is 0.467. The van der Waals surface area contributed by atoms with Crippen LogP contribution in [0.5, 0.6) is 0 Å². The second-order valence-corrected chi connectivity index (χ2v) is 5.35. The number of aromatic nitrogens is 1. The Kier molecular flexibility index (Phi) is 3.35. The molecule has 0 aliphatic heterocycles. The molecule has 18 heavy (non-hydrogen) atoms. The number of nitrogens with one attached hydrogen (secondary N) is 3. The molecule has 1 aromatic heterocycles. The minimum absolute atomic E-state index is 0.511. The van der Waals surface area contributed by atoms with Crippen molar-refractivity contribution in [3.05, 3.63) is 36.0 Å². The second-order valence-electron chi connectivity index (χ2n) is 5.35. The van der Waals surface area contributed by atoms with Gasteiger partial charge >= 0.3 is 0 Å². The van der Waals surface area contributed by atoms with Crippen LogP contribution in [0.1, 0.15) is 25.5 Å². The summed E-state index contributed by atoms with van der Waals surface area (Å²) in [6, 6.07) is 11.9. The van der Waals surface area contributed by atoms with Gasteiger partial charge in [0.2, 0.25) is 0 Å². The average Bonchev–Trinajstić information content (AvgIpc) is 3.11. The molecular formula is C15H21N3. The van der Waals surface area contributed by atoms with Gasteiger partial charge in [-0.15, -0.1) is 0 Å². The number of benzene rings is 1. The molecule has 3 rings (SSSR count). The molecule has 1 saturated carbocycles. The summed E-state index contributed by atoms with van der Waals surface area (Å²) in [6.07, 6.45) is 2.71. The van der Waals surface area contributed by atoms with Crippen LogP contribution in [0.4, 0.5) is 0 Å². The Morgan fingerprint density at radius 1 is 1.33 bits per heavy atom. The average molecular weight is 243 g/mol. The van der Waals surface area contributed by atoms with Crippen molar-refractivity contribution in [1.29, 1.82) is 0 Å². The van der Waals surface area contributed by atoms with Crippen LogP contribution in [0.15, 0.2) is 30.3 Å². The van der Waals surface area contributed by atoms with Gasteiger partial charge in [-0.3, -0.25) is 0 Å². The number of fused-ring (bicyclic) bond motifs is 1. The lowest BCUT2D eigenvalue weighted by molar-refractivity contribution is 0.497. The molecule has 0 bridgehead atoms. The molecule has 0 saturated heterocycles. The molecule has 1 unspecified atom stereocenters. The maximum atomic E-state index is 3.55. The predicted molar refractivity (Wildman–Crippen MR) is 75.6 cm³/mol. The van der Waals surface area contributed by atoms with Gasteiger partial charge in [0.05, 0.1) is 0 Å². The van der Waals surface area contributed by atoms with Gasteiger partial charge in [-0.1, -0.05) is 18.2 Å². The molecule has 1 aromatic carbocycles. The quantitative estimate of drug-likeness (QED) is 0.729. The highest BCUT2D eigenvalue weighted by Gasteiger charge is 2.20. The number of para-hydroxylation sites is 1. The van der Waals surface area contributed by atoms with Crippen molar-refractivity contribution in [2.24, 2.45) is 0 Å². The van der Waals surface area contributed by atoms with Gasteiger partial charge in [0, 0.05) is 36.4 Å². The first-order valence-corrected chi connectivity index (χ1v) is 6.84. The Morgan fingerprint density at radius 3 is 2.94 bits per heavy atom. The highest BCUT2D eigenvalue weighted by molar-refractivity contribution is 5.80. The molecule has 1 heterocycles. The maximum absolute atomic E-state index is 3.55. The molecule has 3 N–H and O–H groups in total. The first-order valence-electron chi connectivity index (χ1n) is 6.84. The van der Waals surface area contributed by atoms with Gasteiger partial charge in [0.1, 0.15) is 0 Å². The van der Waals surface area contributed by atoms with E-state index < -0.39 is 0 Å². The van der Waals surface area contributed by atoms with E-state index in [4.69, 9.17) is 0 Å². The van der Waals surface area contributed by atoms with E-state index >= 15 is 0 Å². The van der Waals surface area contributed by atoms with Crippen LogP contribution in [-0.4, -0.2) is 23.6 Å². The van der Waals surface area contributed by atoms with Gasteiger partial charge in [-0.25, -0.2) is 0 Å². The summed E-state index contributed by atoms with van der Waals surface area (Å²) in [5, 5.41) is 8.39. The zero-order valence-electron chi connectivity index (χ0n) is 10.9. The summed E-state index contributed by atoms with van der Waals surface area (Å²) >= 11 is 0. The van der Waals surface area contributed by atoms with Crippen molar-refractivity contribution >= 4 is 10.9 Å². The van der Waals surface area contributed by atoms with Crippen molar-refractivity contribution < 1.29 is 0 Å². The summed E-state index contributed by atoms with van der Waals surface area (Å²) in [7, 11) is 0. The van der Waals surface area contributed by atoms with Crippen LogP contribution in [0, 0.1) is 0 Å². The topological polar surface area (TPSA) is 39.8 Å². The van der Waals surface area contributed by atoms with Gasteiger partial charge in [0.25, 0.3) is 0 Å². The van der Waals surface area contributed by atoms with E-state index in [1.165, 1.54) is 29.4 Å². The number of hydrogen-bond donors (Lipinski definition) is 3. The minimum atomic E-state index is 0.511. The zero-order chi connectivity index (χ0) is 12.4. The number of H-pyrrole nitrogens is 1. The molecule has 0 spiro atoms. The molecule has 1 aliphatic carbocycles. The van der Waals surface area contributed by atoms with E-state index in [0.29, 0.717) is 6.04 Å². The lowest BCUT2D eigenvalue weighted by Gasteiger charge is -2.13. The van der Waals surface area contributed by atoms with Gasteiger partial charge in [0.15, 0.2) is 0 Å². The van der Waals surface area contributed by atoms with E-state index in [1.54, 1.807) is 0 Å². The Morgan fingerprint density at radius 2 is 2.17 bits per heavy atom. The van der Waals surface area contributed by atoms with Crippen molar-refractivity contribution in [2.75, 3.05) is 6.54 Å². The van der Waals surface area contributed by atoms with Gasteiger partial charge < -0.3 is 15.6 Å². The largest absolute Gasteiger partial charge is 0.357 e. The Hall–Kier alpha value is -1.32. The molecule has 3 nitrogen and oxygen atoms in total. The molecule has 1 atom stereocenters. The first kappa shape index (κ1) is 11.8. The summed E-state index contributed by atoms with van der Waals surface area (Å²) in [4.78, 5) is 3.45. The normalized spacial score (nSPS) is 17.2. The second kappa shape index (κ2) is 5.12. The minimum Gasteiger partial charge on any atom is -0.357 e. The molecule has 0 radical (unpaired) electrons. The molecule has 2 aromatic rings. The predicted octanol–water partition coefficient (Wildman–Crippen LogP) is 2.40. The van der Waals surface area contributed by atoms with Crippen molar-refractivity contribution in [1.82, 2.24) is 15.6 Å². The van der Waals surface area contributed by atoms with E-state index in [2.05, 4.69) is 52.9 Å². The highest BCUT2D eigenvalue weighted by Crippen LogP contribution is 2.18. The van der Waals surface area contributed by atoms with Crippen molar-refractivity contribution in [3.8, 4) is 0 Å². The van der Waals surface area contributed by atoms with E-state index in [-0.39, 0.29) is 0 Å². The monoisotopic (exact) mass is 243 g/mol. The molecule has 1 fully saturated rings. The fourth-order valence-corrected chi connectivity index (χ4v) is 2.22. The van der Waals surface area contributed by atoms with E-state index in [1.807, 2.05) is 0 Å². The fourth-order valence-electron chi connectivity index (χ4n) is 2.22. The number of aromatic amines is 1. The molecular weight excluding hydrogens is 222 g/mol. The first-order chi connectivity index (χ1) is 8.81. The summed E-state index contributed by atoms with van der Waals surface area (Å²) in [6.45, 7) is 4.20. The zero-order valence-corrected chi connectivity index (χ0v) is 10.9. The summed E-state index contributed by atoms with van der Waals surface area (Å²) in [5.41, 5.74) is 2.48. The standard InChI is InChI=1S/C15H21N3/c1-11(9-17-13-6-7-13)16-10-14-8-12-4-2-3-5-15(12)18-14/h2-5,8,11,13,16-18H,6-7,9-10H2,1H3. The Labute approximate surface area is 108 Å². The summed E-state index contributed by atoms with van der Waals surface area (Å²) in [5.74, 6) is 0. The lowest BCUT2D eigenvalue weighted by Crippen LogP contribution is -2.36. The Balaban J connectivity index is 1.51. The number of rotatable bonds is 6. The maximum Gasteiger partial charge on any atom is 0.0456 e. The lowest BCUT2D eigenvalue weighted by atomic mass is 10.2. The molecule has 1 aliphatic rings. The van der Waals surface area contributed by atoms with Gasteiger partial charge in [-0.05, 0) is 37.3 Å². The van der Waals surface area contributed by atoms with Crippen LogP contribution < -0.4 is 10.6 Å². The smallest absolute Gasteiger partial charge is 0.0456 e. The van der Waals surface area contributed by atoms with Crippen LogP contribution in [0.2, 0.25) is 0 Å². The summed E-state index contributed by atoms with van der Waals surface area (Å²) < 4.78 is 0. The van der Waals surface area contributed by atoms with E-state index in [9.17, 15) is 0 Å². The third-order valence-corrected chi connectivity index (χ3v) is 3.52.